The summed E-state index contributed by atoms with van der Waals surface area (Å²) in [5.41, 5.74) is 0.689. The van der Waals surface area contributed by atoms with Gasteiger partial charge in [-0.1, -0.05) is 0 Å². The van der Waals surface area contributed by atoms with Gasteiger partial charge in [-0.3, -0.25) is 4.79 Å². The summed E-state index contributed by atoms with van der Waals surface area (Å²) in [4.78, 5) is 23.3. The average Bonchev–Trinajstić information content (AvgIpc) is 2.96. The second-order valence-corrected chi connectivity index (χ2v) is 5.08. The van der Waals surface area contributed by atoms with E-state index in [0.717, 1.165) is 6.42 Å². The van der Waals surface area contributed by atoms with E-state index in [4.69, 9.17) is 18.9 Å². The summed E-state index contributed by atoms with van der Waals surface area (Å²) in [6.07, 6.45) is 4.11. The molecule has 1 fully saturated rings. The van der Waals surface area contributed by atoms with Crippen molar-refractivity contribution in [2.75, 3.05) is 21.3 Å². The molecule has 0 heterocycles. The zero-order valence-corrected chi connectivity index (χ0v) is 13.5. The summed E-state index contributed by atoms with van der Waals surface area (Å²) in [6.45, 7) is 0. The molecular weight excluding hydrogens is 300 g/mol. The molecule has 2 rings (SSSR count). The Hall–Kier alpha value is -2.50. The molecule has 1 aromatic rings. The predicted octanol–water partition coefficient (Wildman–Crippen LogP) is 2.39. The zero-order chi connectivity index (χ0) is 16.8. The molecule has 124 valence electrons. The molecule has 1 aromatic carbocycles. The predicted molar refractivity (Wildman–Crippen MR) is 83.9 cm³/mol. The van der Waals surface area contributed by atoms with E-state index in [2.05, 4.69) is 0 Å². The van der Waals surface area contributed by atoms with Crippen molar-refractivity contribution < 1.29 is 28.5 Å². The summed E-state index contributed by atoms with van der Waals surface area (Å²) in [7, 11) is 4.56. The third-order valence-corrected chi connectivity index (χ3v) is 3.61. The molecule has 0 amide bonds. The van der Waals surface area contributed by atoms with E-state index < -0.39 is 12.1 Å². The van der Waals surface area contributed by atoms with Crippen LogP contribution in [-0.4, -0.2) is 39.2 Å². The number of ether oxygens (including phenoxy) is 4. The molecule has 1 saturated carbocycles. The first kappa shape index (κ1) is 16.9. The minimum atomic E-state index is -0.605. The summed E-state index contributed by atoms with van der Waals surface area (Å²) in [5.74, 6) is 0.904. The topological polar surface area (TPSA) is 71.1 Å². The molecule has 0 radical (unpaired) electrons. The number of Topliss-reactive ketones (excluding diaryl/α,β-unsaturated/α-hetero) is 1. The van der Waals surface area contributed by atoms with Crippen LogP contribution in [0.25, 0.3) is 6.08 Å². The van der Waals surface area contributed by atoms with Gasteiger partial charge in [0.2, 0.25) is 5.75 Å². The maximum atomic E-state index is 11.8. The van der Waals surface area contributed by atoms with Crippen LogP contribution in [0.2, 0.25) is 0 Å². The summed E-state index contributed by atoms with van der Waals surface area (Å²) in [6, 6.07) is 3.43. The molecule has 0 spiro atoms. The lowest BCUT2D eigenvalue weighted by Crippen LogP contribution is -2.20. The largest absolute Gasteiger partial charge is 0.493 e. The van der Waals surface area contributed by atoms with Crippen LogP contribution in [0.3, 0.4) is 0 Å². The van der Waals surface area contributed by atoms with Crippen LogP contribution >= 0.6 is 0 Å². The highest BCUT2D eigenvalue weighted by atomic mass is 16.5. The minimum absolute atomic E-state index is 0.0143. The fourth-order valence-electron chi connectivity index (χ4n) is 2.45. The molecule has 0 aliphatic heterocycles. The van der Waals surface area contributed by atoms with Gasteiger partial charge < -0.3 is 18.9 Å². The van der Waals surface area contributed by atoms with Crippen molar-refractivity contribution in [2.45, 2.75) is 25.4 Å². The molecule has 1 aliphatic rings. The number of hydrogen-bond donors (Lipinski definition) is 0. The molecule has 1 aliphatic carbocycles. The molecule has 0 saturated heterocycles. The number of methoxy groups -OCH3 is 3. The van der Waals surface area contributed by atoms with E-state index in [1.165, 1.54) is 27.4 Å². The van der Waals surface area contributed by atoms with E-state index in [0.29, 0.717) is 35.7 Å². The molecule has 6 heteroatoms. The van der Waals surface area contributed by atoms with Crippen LogP contribution in [0.5, 0.6) is 17.2 Å². The lowest BCUT2D eigenvalue weighted by Gasteiger charge is -2.13. The van der Waals surface area contributed by atoms with Crippen molar-refractivity contribution >= 4 is 17.8 Å². The fraction of sp³-hybridized carbons (Fsp3) is 0.412. The van der Waals surface area contributed by atoms with Crippen LogP contribution in [0, 0.1) is 0 Å². The van der Waals surface area contributed by atoms with Gasteiger partial charge in [0, 0.05) is 12.5 Å². The summed E-state index contributed by atoms with van der Waals surface area (Å²) in [5, 5.41) is 0. The first-order valence-corrected chi connectivity index (χ1v) is 7.30. The SMILES string of the molecule is COc1cc(/C=C/C(=O)O[C@@H]2CCCC2=O)cc(OC)c1OC. The molecule has 0 bridgehead atoms. The van der Waals surface area contributed by atoms with E-state index in [1.807, 2.05) is 0 Å². The Bertz CT molecular complexity index is 595. The van der Waals surface area contributed by atoms with Crippen molar-refractivity contribution in [3.63, 3.8) is 0 Å². The van der Waals surface area contributed by atoms with Crippen LogP contribution in [0.15, 0.2) is 18.2 Å². The second-order valence-electron chi connectivity index (χ2n) is 5.08. The Balaban J connectivity index is 2.12. The smallest absolute Gasteiger partial charge is 0.331 e. The fourth-order valence-corrected chi connectivity index (χ4v) is 2.45. The first-order chi connectivity index (χ1) is 11.1. The highest BCUT2D eigenvalue weighted by Gasteiger charge is 2.27. The first-order valence-electron chi connectivity index (χ1n) is 7.30. The van der Waals surface area contributed by atoms with E-state index >= 15 is 0 Å². The van der Waals surface area contributed by atoms with Gasteiger partial charge in [0.1, 0.15) is 0 Å². The van der Waals surface area contributed by atoms with Crippen molar-refractivity contribution in [1.82, 2.24) is 0 Å². The van der Waals surface area contributed by atoms with E-state index in [-0.39, 0.29) is 5.78 Å². The number of rotatable bonds is 6. The Kier molecular flexibility index (Phi) is 5.62. The molecule has 6 nitrogen and oxygen atoms in total. The van der Waals surface area contributed by atoms with Crippen LogP contribution in [-0.2, 0) is 14.3 Å². The number of benzene rings is 1. The second kappa shape index (κ2) is 7.67. The standard InChI is InChI=1S/C17H20O6/c1-20-14-9-11(10-15(21-2)17(14)22-3)7-8-16(19)23-13-6-4-5-12(13)18/h7-10,13H,4-6H2,1-3H3/b8-7+/t13-/m1/s1. The van der Waals surface area contributed by atoms with Gasteiger partial charge in [0.15, 0.2) is 23.4 Å². The Morgan fingerprint density at radius 2 is 1.78 bits per heavy atom. The van der Waals surface area contributed by atoms with Crippen molar-refractivity contribution in [3.8, 4) is 17.2 Å². The lowest BCUT2D eigenvalue weighted by molar-refractivity contribution is -0.148. The minimum Gasteiger partial charge on any atom is -0.493 e. The van der Waals surface area contributed by atoms with Crippen molar-refractivity contribution in [3.05, 3.63) is 23.8 Å². The number of esters is 1. The van der Waals surface area contributed by atoms with Crippen LogP contribution < -0.4 is 14.2 Å². The normalized spacial score (nSPS) is 17.3. The van der Waals surface area contributed by atoms with Crippen LogP contribution in [0.1, 0.15) is 24.8 Å². The summed E-state index contributed by atoms with van der Waals surface area (Å²) >= 11 is 0. The van der Waals surface area contributed by atoms with Gasteiger partial charge in [0.05, 0.1) is 21.3 Å². The Morgan fingerprint density at radius 3 is 2.26 bits per heavy atom. The van der Waals surface area contributed by atoms with Gasteiger partial charge in [0.25, 0.3) is 0 Å². The molecule has 1 atom stereocenters. The van der Waals surface area contributed by atoms with E-state index in [1.54, 1.807) is 18.2 Å². The monoisotopic (exact) mass is 320 g/mol. The molecule has 23 heavy (non-hydrogen) atoms. The molecule has 0 N–H and O–H groups in total. The van der Waals surface area contributed by atoms with Crippen molar-refractivity contribution in [1.29, 1.82) is 0 Å². The Labute approximate surface area is 135 Å². The maximum Gasteiger partial charge on any atom is 0.331 e. The van der Waals surface area contributed by atoms with Crippen LogP contribution in [0.4, 0.5) is 0 Å². The lowest BCUT2D eigenvalue weighted by atomic mass is 10.1. The van der Waals surface area contributed by atoms with Gasteiger partial charge >= 0.3 is 5.97 Å². The van der Waals surface area contributed by atoms with Gasteiger partial charge in [-0.2, -0.15) is 0 Å². The number of carbonyl (C=O) groups is 2. The number of hydrogen-bond acceptors (Lipinski definition) is 6. The highest BCUT2D eigenvalue weighted by molar-refractivity contribution is 5.92. The highest BCUT2D eigenvalue weighted by Crippen LogP contribution is 2.38. The molecule has 0 unspecified atom stereocenters. The van der Waals surface area contributed by atoms with E-state index in [9.17, 15) is 9.59 Å². The molecular formula is C17H20O6. The van der Waals surface area contributed by atoms with Gasteiger partial charge in [-0.05, 0) is 36.6 Å². The summed E-state index contributed by atoms with van der Waals surface area (Å²) < 4.78 is 20.9. The zero-order valence-electron chi connectivity index (χ0n) is 13.5. The number of ketones is 1. The van der Waals surface area contributed by atoms with Gasteiger partial charge in [-0.25, -0.2) is 4.79 Å². The maximum absolute atomic E-state index is 11.8. The number of carbonyl (C=O) groups excluding carboxylic acids is 2. The average molecular weight is 320 g/mol. The quantitative estimate of drug-likeness (QED) is 0.592. The van der Waals surface area contributed by atoms with Gasteiger partial charge in [-0.15, -0.1) is 0 Å². The van der Waals surface area contributed by atoms with Crippen molar-refractivity contribution in [2.24, 2.45) is 0 Å². The third kappa shape index (κ3) is 4.03. The Morgan fingerprint density at radius 1 is 1.13 bits per heavy atom. The third-order valence-electron chi connectivity index (χ3n) is 3.61. The molecule has 0 aromatic heterocycles.